The van der Waals surface area contributed by atoms with Gasteiger partial charge < -0.3 is 5.11 Å². The van der Waals surface area contributed by atoms with E-state index in [0.717, 1.165) is 11.1 Å². The van der Waals surface area contributed by atoms with E-state index in [0.29, 0.717) is 6.42 Å². The van der Waals surface area contributed by atoms with Crippen LogP contribution in [0.15, 0.2) is 36.7 Å². The van der Waals surface area contributed by atoms with Gasteiger partial charge in [0, 0.05) is 24.4 Å². The van der Waals surface area contributed by atoms with E-state index in [2.05, 4.69) is 31.0 Å². The first kappa shape index (κ1) is 13.3. The van der Waals surface area contributed by atoms with E-state index < -0.39 is 5.97 Å². The summed E-state index contributed by atoms with van der Waals surface area (Å²) in [6, 6.07) is 8.22. The molecule has 0 radical (unpaired) electrons. The van der Waals surface area contributed by atoms with Crippen molar-refractivity contribution < 1.29 is 9.90 Å². The molecule has 2 aromatic rings. The molecule has 0 bridgehead atoms. The minimum absolute atomic E-state index is 0.137. The highest BCUT2D eigenvalue weighted by atomic mass is 16.4. The van der Waals surface area contributed by atoms with Crippen LogP contribution in [0.5, 0.6) is 0 Å². The fraction of sp³-hybridized carbons (Fsp3) is 0.250. The number of hydrogen-bond donors (Lipinski definition) is 1. The number of pyridine rings is 1. The molecule has 0 amide bonds. The monoisotopic (exact) mass is 255 g/mol. The summed E-state index contributed by atoms with van der Waals surface area (Å²) in [5.74, 6) is -0.780. The minimum atomic E-state index is -0.780. The lowest BCUT2D eigenvalue weighted by molar-refractivity contribution is -0.136. The number of carbonyl (C=O) groups is 1. The molecule has 2 rings (SSSR count). The summed E-state index contributed by atoms with van der Waals surface area (Å²) in [6.45, 7) is 4.15. The minimum Gasteiger partial charge on any atom is -0.481 e. The zero-order valence-electron chi connectivity index (χ0n) is 11.2. The van der Waals surface area contributed by atoms with Crippen molar-refractivity contribution in [3.8, 4) is 11.1 Å². The summed E-state index contributed by atoms with van der Waals surface area (Å²) < 4.78 is 0. The van der Waals surface area contributed by atoms with Crippen LogP contribution in [-0.2, 0) is 11.2 Å². The van der Waals surface area contributed by atoms with Gasteiger partial charge in [-0.3, -0.25) is 9.78 Å². The Hall–Kier alpha value is -2.16. The molecule has 0 saturated carbocycles. The Morgan fingerprint density at radius 2 is 1.89 bits per heavy atom. The van der Waals surface area contributed by atoms with Crippen molar-refractivity contribution in [2.75, 3.05) is 0 Å². The second-order valence-electron chi connectivity index (χ2n) is 4.74. The first-order valence-electron chi connectivity index (χ1n) is 6.30. The summed E-state index contributed by atoms with van der Waals surface area (Å²) in [5, 5.41) is 8.73. The molecule has 3 nitrogen and oxygen atoms in total. The van der Waals surface area contributed by atoms with E-state index in [1.54, 1.807) is 6.20 Å². The van der Waals surface area contributed by atoms with Crippen LogP contribution >= 0.6 is 0 Å². The molecule has 0 unspecified atom stereocenters. The molecule has 0 saturated heterocycles. The van der Waals surface area contributed by atoms with Crippen LogP contribution in [0.2, 0.25) is 0 Å². The topological polar surface area (TPSA) is 50.2 Å². The third kappa shape index (κ3) is 3.19. The van der Waals surface area contributed by atoms with Crippen LogP contribution in [0.25, 0.3) is 11.1 Å². The molecule has 1 aromatic heterocycles. The predicted octanol–water partition coefficient (Wildman–Crippen LogP) is 3.38. The van der Waals surface area contributed by atoms with Crippen LogP contribution in [0.1, 0.15) is 23.1 Å². The van der Waals surface area contributed by atoms with Crippen molar-refractivity contribution in [2.24, 2.45) is 0 Å². The summed E-state index contributed by atoms with van der Waals surface area (Å²) in [4.78, 5) is 14.8. The van der Waals surface area contributed by atoms with Gasteiger partial charge in [0.1, 0.15) is 0 Å². The van der Waals surface area contributed by atoms with E-state index in [-0.39, 0.29) is 6.42 Å². The number of carboxylic acids is 1. The number of aryl methyl sites for hydroxylation is 3. The van der Waals surface area contributed by atoms with Crippen LogP contribution < -0.4 is 0 Å². The zero-order chi connectivity index (χ0) is 13.8. The lowest BCUT2D eigenvalue weighted by Gasteiger charge is -2.10. The Morgan fingerprint density at radius 1 is 1.21 bits per heavy atom. The third-order valence-corrected chi connectivity index (χ3v) is 3.19. The van der Waals surface area contributed by atoms with Gasteiger partial charge in [0.15, 0.2) is 0 Å². The highest BCUT2D eigenvalue weighted by Crippen LogP contribution is 2.27. The van der Waals surface area contributed by atoms with E-state index in [9.17, 15) is 4.79 Å². The van der Waals surface area contributed by atoms with E-state index in [1.807, 2.05) is 18.3 Å². The van der Waals surface area contributed by atoms with Crippen molar-refractivity contribution in [3.63, 3.8) is 0 Å². The van der Waals surface area contributed by atoms with Crippen LogP contribution in [0, 0.1) is 13.8 Å². The van der Waals surface area contributed by atoms with E-state index in [1.165, 1.54) is 16.7 Å². The maximum Gasteiger partial charge on any atom is 0.303 e. The molecule has 1 aromatic carbocycles. The summed E-state index contributed by atoms with van der Waals surface area (Å²) in [5.41, 5.74) is 5.61. The standard InChI is InChI=1S/C16H17NO2/c1-11-4-3-5-12(2)16(11)14-8-13(9-17-10-14)6-7-15(18)19/h3-5,8-10H,6-7H2,1-2H3,(H,18,19). The highest BCUT2D eigenvalue weighted by molar-refractivity contribution is 5.71. The molecule has 1 heterocycles. The SMILES string of the molecule is Cc1cccc(C)c1-c1cncc(CCC(=O)O)c1. The second kappa shape index (κ2) is 5.65. The summed E-state index contributed by atoms with van der Waals surface area (Å²) in [7, 11) is 0. The lowest BCUT2D eigenvalue weighted by atomic mass is 9.96. The largest absolute Gasteiger partial charge is 0.481 e. The molecule has 19 heavy (non-hydrogen) atoms. The number of hydrogen-bond acceptors (Lipinski definition) is 2. The summed E-state index contributed by atoms with van der Waals surface area (Å²) in [6.07, 6.45) is 4.22. The predicted molar refractivity (Wildman–Crippen MR) is 75.1 cm³/mol. The number of rotatable bonds is 4. The van der Waals surface area contributed by atoms with Gasteiger partial charge in [-0.25, -0.2) is 0 Å². The Kier molecular flexibility index (Phi) is 3.95. The maximum absolute atomic E-state index is 10.6. The van der Waals surface area contributed by atoms with Gasteiger partial charge in [0.25, 0.3) is 0 Å². The number of benzene rings is 1. The average molecular weight is 255 g/mol. The highest BCUT2D eigenvalue weighted by Gasteiger charge is 2.07. The maximum atomic E-state index is 10.6. The lowest BCUT2D eigenvalue weighted by Crippen LogP contribution is -1.98. The number of aliphatic carboxylic acids is 1. The molecule has 0 atom stereocenters. The number of carboxylic acid groups (broad SMARTS) is 1. The molecular weight excluding hydrogens is 238 g/mol. The van der Waals surface area contributed by atoms with Gasteiger partial charge in [0.2, 0.25) is 0 Å². The van der Waals surface area contributed by atoms with Gasteiger partial charge >= 0.3 is 5.97 Å². The molecule has 98 valence electrons. The van der Waals surface area contributed by atoms with Gasteiger partial charge in [-0.1, -0.05) is 18.2 Å². The number of nitrogens with zero attached hydrogens (tertiary/aromatic N) is 1. The Labute approximate surface area is 112 Å². The molecular formula is C16H17NO2. The van der Waals surface area contributed by atoms with Crippen molar-refractivity contribution >= 4 is 5.97 Å². The van der Waals surface area contributed by atoms with Crippen molar-refractivity contribution in [1.82, 2.24) is 4.98 Å². The molecule has 0 aliphatic rings. The molecule has 1 N–H and O–H groups in total. The van der Waals surface area contributed by atoms with Crippen molar-refractivity contribution in [3.05, 3.63) is 53.3 Å². The first-order valence-corrected chi connectivity index (χ1v) is 6.30. The van der Waals surface area contributed by atoms with Gasteiger partial charge in [-0.15, -0.1) is 0 Å². The first-order chi connectivity index (χ1) is 9.08. The Balaban J connectivity index is 2.35. The Bertz CT molecular complexity index is 585. The van der Waals surface area contributed by atoms with Crippen LogP contribution in [0.4, 0.5) is 0 Å². The molecule has 0 spiro atoms. The fourth-order valence-electron chi connectivity index (χ4n) is 2.28. The molecule has 3 heteroatoms. The molecule has 0 fully saturated rings. The quantitative estimate of drug-likeness (QED) is 0.911. The normalized spacial score (nSPS) is 10.4. The zero-order valence-corrected chi connectivity index (χ0v) is 11.2. The molecule has 0 aliphatic heterocycles. The van der Waals surface area contributed by atoms with Gasteiger partial charge in [-0.2, -0.15) is 0 Å². The Morgan fingerprint density at radius 3 is 2.53 bits per heavy atom. The van der Waals surface area contributed by atoms with Gasteiger partial charge in [0.05, 0.1) is 0 Å². The van der Waals surface area contributed by atoms with Gasteiger partial charge in [-0.05, 0) is 48.6 Å². The third-order valence-electron chi connectivity index (χ3n) is 3.19. The van der Waals surface area contributed by atoms with E-state index >= 15 is 0 Å². The number of aromatic nitrogens is 1. The second-order valence-corrected chi connectivity index (χ2v) is 4.74. The fourth-order valence-corrected chi connectivity index (χ4v) is 2.28. The van der Waals surface area contributed by atoms with Crippen molar-refractivity contribution in [2.45, 2.75) is 26.7 Å². The average Bonchev–Trinajstić information content (AvgIpc) is 2.37. The van der Waals surface area contributed by atoms with Crippen molar-refractivity contribution in [1.29, 1.82) is 0 Å². The van der Waals surface area contributed by atoms with Crippen LogP contribution in [-0.4, -0.2) is 16.1 Å². The summed E-state index contributed by atoms with van der Waals surface area (Å²) >= 11 is 0. The smallest absolute Gasteiger partial charge is 0.303 e. The van der Waals surface area contributed by atoms with Crippen LogP contribution in [0.3, 0.4) is 0 Å². The molecule has 0 aliphatic carbocycles. The van der Waals surface area contributed by atoms with E-state index in [4.69, 9.17) is 5.11 Å².